The van der Waals surface area contributed by atoms with Gasteiger partial charge in [0, 0.05) is 6.54 Å². The van der Waals surface area contributed by atoms with E-state index < -0.39 is 0 Å². The molecule has 0 spiro atoms. The number of anilines is 1. The van der Waals surface area contributed by atoms with E-state index in [1.807, 2.05) is 4.68 Å². The van der Waals surface area contributed by atoms with Crippen molar-refractivity contribution in [2.24, 2.45) is 5.92 Å². The third-order valence-electron chi connectivity index (χ3n) is 3.95. The maximum Gasteiger partial charge on any atom is 0.148 e. The highest BCUT2D eigenvalue weighted by Crippen LogP contribution is 2.37. The molecule has 1 saturated heterocycles. The quantitative estimate of drug-likeness (QED) is 0.831. The second-order valence-corrected chi connectivity index (χ2v) is 5.69. The molecule has 6 heteroatoms. The number of nitrogens with zero attached hydrogens (tertiary/aromatic N) is 3. The van der Waals surface area contributed by atoms with E-state index in [1.165, 1.54) is 12.8 Å². The van der Waals surface area contributed by atoms with Crippen molar-refractivity contribution in [3.8, 4) is 6.07 Å². The van der Waals surface area contributed by atoms with E-state index >= 15 is 0 Å². The third kappa shape index (κ3) is 1.91. The highest BCUT2D eigenvalue weighted by atomic mass is 79.9. The van der Waals surface area contributed by atoms with Gasteiger partial charge in [-0.05, 0) is 54.2 Å². The minimum atomic E-state index is 0.432. The van der Waals surface area contributed by atoms with Crippen molar-refractivity contribution in [1.29, 1.82) is 5.26 Å². The van der Waals surface area contributed by atoms with Crippen LogP contribution in [0.3, 0.4) is 0 Å². The zero-order valence-electron chi connectivity index (χ0n) is 10.1. The molecule has 1 atom stereocenters. The average Bonchev–Trinajstić information content (AvgIpc) is 2.74. The smallest absolute Gasteiger partial charge is 0.148 e. The van der Waals surface area contributed by atoms with E-state index in [1.54, 1.807) is 0 Å². The van der Waals surface area contributed by atoms with E-state index in [-0.39, 0.29) is 0 Å². The molecule has 5 nitrogen and oxygen atoms in total. The van der Waals surface area contributed by atoms with Gasteiger partial charge in [-0.3, -0.25) is 0 Å². The number of piperidine rings is 1. The van der Waals surface area contributed by atoms with Crippen molar-refractivity contribution in [3.63, 3.8) is 0 Å². The second kappa shape index (κ2) is 4.90. The van der Waals surface area contributed by atoms with E-state index in [0.717, 1.165) is 31.9 Å². The number of hydrogen-bond donors (Lipinski definition) is 2. The maximum atomic E-state index is 9.18. The molecule has 0 bridgehead atoms. The number of rotatable bonds is 1. The standard InChI is InChI=1S/C12H16BrN5/c13-11-9(7-14)12-16-6-3-10(18(12)17-11)8-1-4-15-5-2-8/h8,10,15-16H,1-6H2. The highest BCUT2D eigenvalue weighted by Gasteiger charge is 2.32. The van der Waals surface area contributed by atoms with Gasteiger partial charge in [0.15, 0.2) is 0 Å². The Morgan fingerprint density at radius 1 is 1.28 bits per heavy atom. The summed E-state index contributed by atoms with van der Waals surface area (Å²) in [7, 11) is 0. The molecule has 1 unspecified atom stereocenters. The van der Waals surface area contributed by atoms with Crippen LogP contribution in [0.1, 0.15) is 30.9 Å². The summed E-state index contributed by atoms with van der Waals surface area (Å²) in [6.07, 6.45) is 3.49. The van der Waals surface area contributed by atoms with Crippen LogP contribution in [0.4, 0.5) is 5.82 Å². The molecule has 1 fully saturated rings. The van der Waals surface area contributed by atoms with Gasteiger partial charge in [-0.15, -0.1) is 0 Å². The lowest BCUT2D eigenvalue weighted by molar-refractivity contribution is 0.231. The molecule has 0 aromatic carbocycles. The fourth-order valence-electron chi connectivity index (χ4n) is 3.04. The molecule has 3 rings (SSSR count). The van der Waals surface area contributed by atoms with E-state index in [4.69, 9.17) is 0 Å². The van der Waals surface area contributed by atoms with Crippen LogP contribution in [0, 0.1) is 17.2 Å². The van der Waals surface area contributed by atoms with Gasteiger partial charge in [-0.1, -0.05) is 0 Å². The molecule has 3 heterocycles. The Morgan fingerprint density at radius 3 is 2.78 bits per heavy atom. The van der Waals surface area contributed by atoms with Crippen molar-refractivity contribution >= 4 is 21.7 Å². The van der Waals surface area contributed by atoms with Gasteiger partial charge in [-0.25, -0.2) is 4.68 Å². The molecule has 0 amide bonds. The monoisotopic (exact) mass is 309 g/mol. The van der Waals surface area contributed by atoms with Crippen LogP contribution >= 0.6 is 15.9 Å². The second-order valence-electron chi connectivity index (χ2n) is 4.94. The lowest BCUT2D eigenvalue weighted by Crippen LogP contribution is -2.36. The number of nitriles is 1. The zero-order chi connectivity index (χ0) is 12.5. The van der Waals surface area contributed by atoms with Gasteiger partial charge >= 0.3 is 0 Å². The summed E-state index contributed by atoms with van der Waals surface area (Å²) in [6.45, 7) is 3.12. The summed E-state index contributed by atoms with van der Waals surface area (Å²) in [5.41, 5.74) is 0.633. The molecular formula is C12H16BrN5. The van der Waals surface area contributed by atoms with Crippen LogP contribution < -0.4 is 10.6 Å². The topological polar surface area (TPSA) is 65.7 Å². The van der Waals surface area contributed by atoms with E-state index in [9.17, 15) is 5.26 Å². The zero-order valence-corrected chi connectivity index (χ0v) is 11.7. The Balaban J connectivity index is 1.94. The van der Waals surface area contributed by atoms with Crippen molar-refractivity contribution in [2.75, 3.05) is 25.0 Å². The van der Waals surface area contributed by atoms with Gasteiger partial charge in [0.2, 0.25) is 0 Å². The number of aromatic nitrogens is 2. The normalized spacial score (nSPS) is 24.1. The Bertz CT molecular complexity index is 483. The predicted octanol–water partition coefficient (Wildman–Crippen LogP) is 1.87. The van der Waals surface area contributed by atoms with Crippen LogP contribution in [0.5, 0.6) is 0 Å². The van der Waals surface area contributed by atoms with Gasteiger partial charge < -0.3 is 10.6 Å². The number of nitrogens with one attached hydrogen (secondary N) is 2. The number of fused-ring (bicyclic) bond motifs is 1. The third-order valence-corrected chi connectivity index (χ3v) is 4.51. The average molecular weight is 310 g/mol. The van der Waals surface area contributed by atoms with Gasteiger partial charge in [0.1, 0.15) is 22.1 Å². The summed E-state index contributed by atoms with van der Waals surface area (Å²) < 4.78 is 2.69. The summed E-state index contributed by atoms with van der Waals surface area (Å²) in [4.78, 5) is 0. The Labute approximate surface area is 115 Å². The van der Waals surface area contributed by atoms with Crippen molar-refractivity contribution in [1.82, 2.24) is 15.1 Å². The lowest BCUT2D eigenvalue weighted by Gasteiger charge is -2.34. The molecule has 0 radical (unpaired) electrons. The van der Waals surface area contributed by atoms with Crippen molar-refractivity contribution < 1.29 is 0 Å². The van der Waals surface area contributed by atoms with Crippen LogP contribution in [0.25, 0.3) is 0 Å². The first-order valence-electron chi connectivity index (χ1n) is 6.44. The fourth-order valence-corrected chi connectivity index (χ4v) is 3.49. The van der Waals surface area contributed by atoms with Crippen LogP contribution in [0.2, 0.25) is 0 Å². The number of halogens is 1. The molecule has 2 N–H and O–H groups in total. The molecule has 96 valence electrons. The molecule has 18 heavy (non-hydrogen) atoms. The summed E-state index contributed by atoms with van der Waals surface area (Å²) in [5, 5.41) is 20.4. The van der Waals surface area contributed by atoms with Crippen molar-refractivity contribution in [2.45, 2.75) is 25.3 Å². The first kappa shape index (κ1) is 12.0. The number of hydrogen-bond acceptors (Lipinski definition) is 4. The van der Waals surface area contributed by atoms with E-state index in [2.05, 4.69) is 37.7 Å². The molecule has 2 aliphatic heterocycles. The largest absolute Gasteiger partial charge is 0.369 e. The van der Waals surface area contributed by atoms with Gasteiger partial charge in [-0.2, -0.15) is 10.4 Å². The molecular weight excluding hydrogens is 294 g/mol. The maximum absolute atomic E-state index is 9.18. The molecule has 1 aromatic rings. The van der Waals surface area contributed by atoms with Gasteiger partial charge in [0.05, 0.1) is 6.04 Å². The minimum Gasteiger partial charge on any atom is -0.369 e. The van der Waals surface area contributed by atoms with E-state index in [0.29, 0.717) is 22.1 Å². The predicted molar refractivity (Wildman–Crippen MR) is 72.4 cm³/mol. The SMILES string of the molecule is N#Cc1c(Br)nn2c1NCCC2C1CCNCC1. The first-order chi connectivity index (χ1) is 8.81. The first-order valence-corrected chi connectivity index (χ1v) is 7.23. The summed E-state index contributed by atoms with van der Waals surface area (Å²) >= 11 is 3.38. The highest BCUT2D eigenvalue weighted by molar-refractivity contribution is 9.10. The lowest BCUT2D eigenvalue weighted by atomic mass is 9.87. The Morgan fingerprint density at radius 2 is 2.06 bits per heavy atom. The molecule has 2 aliphatic rings. The van der Waals surface area contributed by atoms with Crippen LogP contribution in [-0.2, 0) is 0 Å². The molecule has 1 aromatic heterocycles. The fraction of sp³-hybridized carbons (Fsp3) is 0.667. The molecule has 0 aliphatic carbocycles. The Kier molecular flexibility index (Phi) is 3.27. The van der Waals surface area contributed by atoms with Crippen molar-refractivity contribution in [3.05, 3.63) is 10.2 Å². The van der Waals surface area contributed by atoms with Crippen LogP contribution in [-0.4, -0.2) is 29.4 Å². The Hall–Kier alpha value is -1.06. The molecule has 0 saturated carbocycles. The minimum absolute atomic E-state index is 0.432. The van der Waals surface area contributed by atoms with Crippen LogP contribution in [0.15, 0.2) is 4.60 Å². The summed E-state index contributed by atoms with van der Waals surface area (Å²) in [6, 6.07) is 2.65. The summed E-state index contributed by atoms with van der Waals surface area (Å²) in [5.74, 6) is 1.56. The van der Waals surface area contributed by atoms with Gasteiger partial charge in [0.25, 0.3) is 0 Å².